The molecule has 1 rings (SSSR count). The van der Waals surface area contributed by atoms with Gasteiger partial charge < -0.3 is 9.64 Å². The van der Waals surface area contributed by atoms with Crippen LogP contribution in [0.4, 0.5) is 0 Å². The van der Waals surface area contributed by atoms with Crippen LogP contribution in [0.5, 0.6) is 0 Å². The number of hydrogen-bond donors (Lipinski definition) is 0. The van der Waals surface area contributed by atoms with Crippen LogP contribution < -0.4 is 0 Å². The van der Waals surface area contributed by atoms with Crippen LogP contribution in [0, 0.1) is 0 Å². The van der Waals surface area contributed by atoms with Gasteiger partial charge in [0.05, 0.1) is 7.11 Å². The summed E-state index contributed by atoms with van der Waals surface area (Å²) in [5.74, 6) is -0.357. The lowest BCUT2D eigenvalue weighted by atomic mass is 10.2. The first kappa shape index (κ1) is 12.7. The summed E-state index contributed by atoms with van der Waals surface area (Å²) in [4.78, 5) is 25.1. The largest absolute Gasteiger partial charge is 0.467 e. The third-order valence-electron chi connectivity index (χ3n) is 2.83. The van der Waals surface area contributed by atoms with Gasteiger partial charge in [0, 0.05) is 12.1 Å². The van der Waals surface area contributed by atoms with Crippen molar-refractivity contribution < 1.29 is 14.3 Å². The summed E-state index contributed by atoms with van der Waals surface area (Å²) in [5.41, 5.74) is 0.707. The molecule has 1 atom stereocenters. The minimum Gasteiger partial charge on any atom is -0.467 e. The fraction of sp³-hybridized carbons (Fsp3) is 0.667. The van der Waals surface area contributed by atoms with Crippen LogP contribution in [0.15, 0.2) is 11.6 Å². The van der Waals surface area contributed by atoms with E-state index in [4.69, 9.17) is 4.74 Å². The molecule has 16 heavy (non-hydrogen) atoms. The SMILES string of the molecule is CCC=C(C)C(=O)N1CCCC1C(=O)OC. The number of amides is 1. The summed E-state index contributed by atoms with van der Waals surface area (Å²) in [6, 6.07) is -0.391. The molecule has 0 aliphatic carbocycles. The second-order valence-electron chi connectivity index (χ2n) is 3.98. The van der Waals surface area contributed by atoms with Crippen LogP contribution in [0.1, 0.15) is 33.1 Å². The minimum absolute atomic E-state index is 0.0465. The summed E-state index contributed by atoms with van der Waals surface area (Å²) in [5, 5.41) is 0. The monoisotopic (exact) mass is 225 g/mol. The normalized spacial score (nSPS) is 21.1. The predicted molar refractivity (Wildman–Crippen MR) is 60.8 cm³/mol. The van der Waals surface area contributed by atoms with Crippen molar-refractivity contribution in [3.63, 3.8) is 0 Å². The zero-order valence-corrected chi connectivity index (χ0v) is 10.2. The van der Waals surface area contributed by atoms with Crippen molar-refractivity contribution in [3.05, 3.63) is 11.6 Å². The molecule has 1 unspecified atom stereocenters. The Labute approximate surface area is 96.3 Å². The number of methoxy groups -OCH3 is 1. The van der Waals surface area contributed by atoms with Crippen LogP contribution in [0.2, 0.25) is 0 Å². The number of likely N-dealkylation sites (tertiary alicyclic amines) is 1. The van der Waals surface area contributed by atoms with Gasteiger partial charge in [-0.1, -0.05) is 13.0 Å². The summed E-state index contributed by atoms with van der Waals surface area (Å²) in [6.07, 6.45) is 4.28. The molecule has 0 radical (unpaired) electrons. The maximum Gasteiger partial charge on any atom is 0.328 e. The second-order valence-corrected chi connectivity index (χ2v) is 3.98. The average Bonchev–Trinajstić information content (AvgIpc) is 2.76. The fourth-order valence-corrected chi connectivity index (χ4v) is 2.01. The number of rotatable bonds is 3. The highest BCUT2D eigenvalue weighted by Gasteiger charge is 2.34. The first-order valence-electron chi connectivity index (χ1n) is 5.67. The minimum atomic E-state index is -0.391. The van der Waals surface area contributed by atoms with Gasteiger partial charge in [-0.05, 0) is 26.2 Å². The highest BCUT2D eigenvalue weighted by Crippen LogP contribution is 2.20. The van der Waals surface area contributed by atoms with E-state index in [2.05, 4.69) is 0 Å². The maximum absolute atomic E-state index is 12.0. The van der Waals surface area contributed by atoms with Crippen molar-refractivity contribution in [3.8, 4) is 0 Å². The van der Waals surface area contributed by atoms with E-state index in [0.717, 1.165) is 12.8 Å². The topological polar surface area (TPSA) is 46.6 Å². The van der Waals surface area contributed by atoms with Crippen molar-refractivity contribution >= 4 is 11.9 Å². The predicted octanol–water partition coefficient (Wildman–Crippen LogP) is 1.51. The zero-order valence-electron chi connectivity index (χ0n) is 10.2. The van der Waals surface area contributed by atoms with Gasteiger partial charge >= 0.3 is 5.97 Å². The molecule has 4 heteroatoms. The van der Waals surface area contributed by atoms with Crippen LogP contribution in [0.25, 0.3) is 0 Å². The molecular weight excluding hydrogens is 206 g/mol. The third-order valence-corrected chi connectivity index (χ3v) is 2.83. The number of ether oxygens (including phenoxy) is 1. The molecule has 1 fully saturated rings. The number of hydrogen-bond acceptors (Lipinski definition) is 3. The smallest absolute Gasteiger partial charge is 0.328 e. The molecule has 0 aromatic rings. The van der Waals surface area contributed by atoms with Crippen molar-refractivity contribution in [1.82, 2.24) is 4.90 Å². The Kier molecular flexibility index (Phi) is 4.52. The Morgan fingerprint density at radius 3 is 2.75 bits per heavy atom. The van der Waals surface area contributed by atoms with Gasteiger partial charge in [-0.25, -0.2) is 4.79 Å². The zero-order chi connectivity index (χ0) is 12.1. The number of nitrogens with zero attached hydrogens (tertiary/aromatic N) is 1. The Balaban J connectivity index is 2.75. The van der Waals surface area contributed by atoms with Gasteiger partial charge in [-0.3, -0.25) is 4.79 Å². The Bertz CT molecular complexity index is 309. The van der Waals surface area contributed by atoms with E-state index >= 15 is 0 Å². The van der Waals surface area contributed by atoms with Gasteiger partial charge in [-0.2, -0.15) is 0 Å². The molecule has 1 aliphatic rings. The Morgan fingerprint density at radius 2 is 2.19 bits per heavy atom. The van der Waals surface area contributed by atoms with Crippen LogP contribution in [-0.2, 0) is 14.3 Å². The van der Waals surface area contributed by atoms with E-state index < -0.39 is 6.04 Å². The summed E-state index contributed by atoms with van der Waals surface area (Å²) < 4.78 is 4.70. The van der Waals surface area contributed by atoms with Crippen LogP contribution in [-0.4, -0.2) is 36.5 Å². The highest BCUT2D eigenvalue weighted by atomic mass is 16.5. The van der Waals surface area contributed by atoms with Gasteiger partial charge in [0.1, 0.15) is 6.04 Å². The fourth-order valence-electron chi connectivity index (χ4n) is 2.01. The molecule has 0 aromatic heterocycles. The van der Waals surface area contributed by atoms with Crippen molar-refractivity contribution in [2.75, 3.05) is 13.7 Å². The van der Waals surface area contributed by atoms with E-state index in [9.17, 15) is 9.59 Å². The summed E-state index contributed by atoms with van der Waals surface area (Å²) >= 11 is 0. The lowest BCUT2D eigenvalue weighted by Gasteiger charge is -2.22. The standard InChI is InChI=1S/C12H19NO3/c1-4-6-9(2)11(14)13-8-5-7-10(13)12(15)16-3/h6,10H,4-5,7-8H2,1-3H3. The molecule has 1 aliphatic heterocycles. The Morgan fingerprint density at radius 1 is 1.50 bits per heavy atom. The van der Waals surface area contributed by atoms with E-state index in [1.807, 2.05) is 13.0 Å². The molecule has 90 valence electrons. The number of carbonyl (C=O) groups excluding carboxylic acids is 2. The van der Waals surface area contributed by atoms with Gasteiger partial charge in [0.25, 0.3) is 0 Å². The van der Waals surface area contributed by atoms with Gasteiger partial charge in [0.2, 0.25) is 5.91 Å². The van der Waals surface area contributed by atoms with Crippen molar-refractivity contribution in [2.45, 2.75) is 39.2 Å². The molecule has 0 saturated carbocycles. The lowest BCUT2D eigenvalue weighted by molar-refractivity contribution is -0.149. The lowest BCUT2D eigenvalue weighted by Crippen LogP contribution is -2.41. The first-order chi connectivity index (χ1) is 7.61. The molecule has 0 spiro atoms. The average molecular weight is 225 g/mol. The molecule has 0 bridgehead atoms. The number of esters is 1. The highest BCUT2D eigenvalue weighted by molar-refractivity contribution is 5.96. The van der Waals surface area contributed by atoms with Gasteiger partial charge in [0.15, 0.2) is 0 Å². The molecular formula is C12H19NO3. The van der Waals surface area contributed by atoms with Crippen LogP contribution >= 0.6 is 0 Å². The molecule has 0 aromatic carbocycles. The molecule has 4 nitrogen and oxygen atoms in total. The van der Waals surface area contributed by atoms with Gasteiger partial charge in [-0.15, -0.1) is 0 Å². The van der Waals surface area contributed by atoms with E-state index in [0.29, 0.717) is 18.5 Å². The van der Waals surface area contributed by atoms with Crippen molar-refractivity contribution in [2.24, 2.45) is 0 Å². The quantitative estimate of drug-likeness (QED) is 0.540. The second kappa shape index (κ2) is 5.68. The van der Waals surface area contributed by atoms with E-state index in [-0.39, 0.29) is 11.9 Å². The Hall–Kier alpha value is -1.32. The molecule has 1 saturated heterocycles. The molecule has 0 N–H and O–H groups in total. The maximum atomic E-state index is 12.0. The first-order valence-corrected chi connectivity index (χ1v) is 5.67. The molecule has 1 heterocycles. The summed E-state index contributed by atoms with van der Waals surface area (Å²) in [6.45, 7) is 4.42. The van der Waals surface area contributed by atoms with E-state index in [1.165, 1.54) is 7.11 Å². The molecule has 1 amide bonds. The third kappa shape index (κ3) is 2.62. The number of carbonyl (C=O) groups is 2. The van der Waals surface area contributed by atoms with Crippen molar-refractivity contribution in [1.29, 1.82) is 0 Å². The number of allylic oxidation sites excluding steroid dienone is 1. The van der Waals surface area contributed by atoms with Crippen LogP contribution in [0.3, 0.4) is 0 Å². The summed E-state index contributed by atoms with van der Waals surface area (Å²) in [7, 11) is 1.36. The van der Waals surface area contributed by atoms with E-state index in [1.54, 1.807) is 11.8 Å².